The van der Waals surface area contributed by atoms with Gasteiger partial charge in [-0.3, -0.25) is 0 Å². The van der Waals surface area contributed by atoms with Crippen LogP contribution in [0.1, 0.15) is 74.8 Å². The first-order chi connectivity index (χ1) is 27.3. The molecule has 0 bridgehead atoms. The predicted molar refractivity (Wildman–Crippen MR) is 239 cm³/mol. The molecular formula is C54H54N2. The Bertz CT molecular complexity index is 2360. The van der Waals surface area contributed by atoms with Crippen molar-refractivity contribution in [1.82, 2.24) is 0 Å². The fourth-order valence-electron chi connectivity index (χ4n) is 10.3. The zero-order valence-electron chi connectivity index (χ0n) is 33.5. The molecule has 0 fully saturated rings. The Hall–Kier alpha value is -5.60. The molecule has 280 valence electrons. The standard InChI is InChI=1S/C54H54N2/c1-37-34-39(3)55(52-33-27-43(35-38(52)2)40-16-8-6-9-17-40)53-23-15-12-18-42(53)26-31-47(37)41-24-28-45(29-25-41)56(44-19-10-7-11-20-44)46-30-32-49-48-21-13-14-22-50(48)54(4,5)51(49)36-46/h6-25,27-33,35-39,48,50,52H,26,34H2,1-5H3/b47-31+. The third-order valence-corrected chi connectivity index (χ3v) is 13.2. The molecular weight excluding hydrogens is 677 g/mol. The van der Waals surface area contributed by atoms with Crippen molar-refractivity contribution in [3.8, 4) is 0 Å². The molecule has 2 nitrogen and oxygen atoms in total. The first kappa shape index (κ1) is 36.1. The highest BCUT2D eigenvalue weighted by molar-refractivity contribution is 5.80. The van der Waals surface area contributed by atoms with Crippen molar-refractivity contribution in [2.75, 3.05) is 9.80 Å². The Morgan fingerprint density at radius 3 is 2.11 bits per heavy atom. The van der Waals surface area contributed by atoms with Crippen LogP contribution in [0, 0.1) is 17.8 Å². The highest BCUT2D eigenvalue weighted by Crippen LogP contribution is 2.54. The van der Waals surface area contributed by atoms with E-state index in [2.05, 4.69) is 220 Å². The minimum absolute atomic E-state index is 0.0570. The van der Waals surface area contributed by atoms with Gasteiger partial charge in [-0.15, -0.1) is 0 Å². The highest BCUT2D eigenvalue weighted by atomic mass is 15.2. The maximum absolute atomic E-state index is 2.72. The number of rotatable bonds is 6. The SMILES string of the molecule is CC1CC(C)N(C2C=CC(c3ccccc3)=CC2C)c2ccccc2C/C=C\1c1ccc(N(c2ccccc2)c2ccc3c(c2)C(C)(C)C2C=CC=CC32)cc1. The van der Waals surface area contributed by atoms with Crippen LogP contribution >= 0.6 is 0 Å². The summed E-state index contributed by atoms with van der Waals surface area (Å²) in [7, 11) is 0. The van der Waals surface area contributed by atoms with Crippen LogP contribution in [0.15, 0.2) is 176 Å². The molecule has 6 atom stereocenters. The van der Waals surface area contributed by atoms with Gasteiger partial charge in [0.1, 0.15) is 0 Å². The summed E-state index contributed by atoms with van der Waals surface area (Å²) >= 11 is 0. The van der Waals surface area contributed by atoms with Gasteiger partial charge in [0.15, 0.2) is 0 Å². The lowest BCUT2D eigenvalue weighted by Crippen LogP contribution is -2.45. The van der Waals surface area contributed by atoms with Gasteiger partial charge in [0.05, 0.1) is 6.04 Å². The summed E-state index contributed by atoms with van der Waals surface area (Å²) in [6.45, 7) is 12.1. The number of hydrogen-bond acceptors (Lipinski definition) is 2. The predicted octanol–water partition coefficient (Wildman–Crippen LogP) is 13.8. The molecule has 1 heterocycles. The molecule has 5 aromatic carbocycles. The maximum atomic E-state index is 2.72. The number of benzene rings is 5. The second-order valence-corrected chi connectivity index (χ2v) is 17.1. The first-order valence-electron chi connectivity index (χ1n) is 20.7. The van der Waals surface area contributed by atoms with Gasteiger partial charge in [-0.25, -0.2) is 0 Å². The van der Waals surface area contributed by atoms with E-state index in [1.807, 2.05) is 0 Å². The summed E-state index contributed by atoms with van der Waals surface area (Å²) in [6, 6.07) is 48.0. The van der Waals surface area contributed by atoms with E-state index in [0.717, 1.165) is 12.8 Å². The number of nitrogens with zero attached hydrogens (tertiary/aromatic N) is 2. The number of anilines is 4. The summed E-state index contributed by atoms with van der Waals surface area (Å²) in [5.74, 6) is 1.70. The molecule has 9 rings (SSSR count). The van der Waals surface area contributed by atoms with Gasteiger partial charge in [0, 0.05) is 34.7 Å². The molecule has 6 unspecified atom stereocenters. The highest BCUT2D eigenvalue weighted by Gasteiger charge is 2.44. The Labute approximate surface area is 334 Å². The fourth-order valence-corrected chi connectivity index (χ4v) is 10.3. The molecule has 0 amide bonds. The van der Waals surface area contributed by atoms with Crippen molar-refractivity contribution in [3.63, 3.8) is 0 Å². The van der Waals surface area contributed by atoms with E-state index in [0.29, 0.717) is 29.7 Å². The van der Waals surface area contributed by atoms with E-state index in [9.17, 15) is 0 Å². The third kappa shape index (κ3) is 6.49. The van der Waals surface area contributed by atoms with E-state index >= 15 is 0 Å². The monoisotopic (exact) mass is 730 g/mol. The number of para-hydroxylation sites is 2. The van der Waals surface area contributed by atoms with Gasteiger partial charge in [-0.2, -0.15) is 0 Å². The van der Waals surface area contributed by atoms with E-state index in [-0.39, 0.29) is 11.5 Å². The van der Waals surface area contributed by atoms with Crippen LogP contribution < -0.4 is 9.80 Å². The van der Waals surface area contributed by atoms with Crippen molar-refractivity contribution in [3.05, 3.63) is 204 Å². The second-order valence-electron chi connectivity index (χ2n) is 17.1. The second kappa shape index (κ2) is 14.8. The van der Waals surface area contributed by atoms with Gasteiger partial charge in [0.25, 0.3) is 0 Å². The molecule has 3 aliphatic carbocycles. The lowest BCUT2D eigenvalue weighted by atomic mass is 9.74. The minimum atomic E-state index is 0.0570. The van der Waals surface area contributed by atoms with Crippen LogP contribution in [-0.2, 0) is 11.8 Å². The normalized spacial score (nSPS) is 25.8. The summed E-state index contributed by atoms with van der Waals surface area (Å²) in [6.07, 6.45) is 21.0. The van der Waals surface area contributed by atoms with Crippen LogP contribution in [0.2, 0.25) is 0 Å². The Kier molecular flexibility index (Phi) is 9.54. The van der Waals surface area contributed by atoms with Crippen molar-refractivity contribution >= 4 is 33.9 Å². The molecule has 0 N–H and O–H groups in total. The number of hydrogen-bond donors (Lipinski definition) is 0. The van der Waals surface area contributed by atoms with E-state index in [1.165, 1.54) is 61.7 Å². The van der Waals surface area contributed by atoms with Crippen LogP contribution in [0.4, 0.5) is 22.7 Å². The van der Waals surface area contributed by atoms with Gasteiger partial charge in [0.2, 0.25) is 0 Å². The molecule has 0 aromatic heterocycles. The quantitative estimate of drug-likeness (QED) is 0.172. The molecule has 0 saturated heterocycles. The van der Waals surface area contributed by atoms with Crippen LogP contribution in [0.25, 0.3) is 11.1 Å². The Morgan fingerprint density at radius 1 is 0.661 bits per heavy atom. The van der Waals surface area contributed by atoms with Gasteiger partial charge in [-0.1, -0.05) is 161 Å². The molecule has 4 aliphatic rings. The Morgan fingerprint density at radius 2 is 1.34 bits per heavy atom. The van der Waals surface area contributed by atoms with Crippen LogP contribution in [0.5, 0.6) is 0 Å². The summed E-state index contributed by atoms with van der Waals surface area (Å²) < 4.78 is 0. The Balaban J connectivity index is 1.02. The molecule has 1 aliphatic heterocycles. The summed E-state index contributed by atoms with van der Waals surface area (Å²) in [5.41, 5.74) is 14.6. The van der Waals surface area contributed by atoms with Crippen molar-refractivity contribution < 1.29 is 0 Å². The minimum Gasteiger partial charge on any atom is -0.362 e. The smallest absolute Gasteiger partial charge is 0.0539 e. The lowest BCUT2D eigenvalue weighted by molar-refractivity contribution is 0.394. The van der Waals surface area contributed by atoms with E-state index in [1.54, 1.807) is 0 Å². The fraction of sp³-hybridized carbons (Fsp3) is 0.259. The molecule has 56 heavy (non-hydrogen) atoms. The zero-order chi connectivity index (χ0) is 38.4. The topological polar surface area (TPSA) is 6.48 Å². The molecule has 0 spiro atoms. The summed E-state index contributed by atoms with van der Waals surface area (Å²) in [5, 5.41) is 0. The molecule has 5 aromatic rings. The maximum Gasteiger partial charge on any atom is 0.0539 e. The largest absolute Gasteiger partial charge is 0.362 e. The van der Waals surface area contributed by atoms with Crippen molar-refractivity contribution in [2.45, 2.75) is 70.9 Å². The van der Waals surface area contributed by atoms with E-state index in [4.69, 9.17) is 0 Å². The van der Waals surface area contributed by atoms with Crippen molar-refractivity contribution in [2.24, 2.45) is 17.8 Å². The van der Waals surface area contributed by atoms with Crippen molar-refractivity contribution in [1.29, 1.82) is 0 Å². The zero-order valence-corrected chi connectivity index (χ0v) is 33.5. The van der Waals surface area contributed by atoms with Gasteiger partial charge < -0.3 is 9.80 Å². The van der Waals surface area contributed by atoms with E-state index < -0.39 is 0 Å². The van der Waals surface area contributed by atoms with Gasteiger partial charge in [-0.05, 0) is 124 Å². The summed E-state index contributed by atoms with van der Waals surface area (Å²) in [4.78, 5) is 5.16. The number of fused-ring (bicyclic) bond motifs is 4. The third-order valence-electron chi connectivity index (χ3n) is 13.2. The first-order valence-corrected chi connectivity index (χ1v) is 20.7. The molecule has 0 saturated carbocycles. The molecule has 2 heteroatoms. The average molecular weight is 731 g/mol. The number of allylic oxidation sites excluding steroid dienone is 8. The average Bonchev–Trinajstić information content (AvgIpc) is 3.48. The lowest BCUT2D eigenvalue weighted by Gasteiger charge is -2.42. The molecule has 0 radical (unpaired) electrons. The van der Waals surface area contributed by atoms with Gasteiger partial charge >= 0.3 is 0 Å². The van der Waals surface area contributed by atoms with Crippen LogP contribution in [0.3, 0.4) is 0 Å². The van der Waals surface area contributed by atoms with Crippen LogP contribution in [-0.4, -0.2) is 12.1 Å².